The summed E-state index contributed by atoms with van der Waals surface area (Å²) in [5.41, 5.74) is 2.42. The predicted octanol–water partition coefficient (Wildman–Crippen LogP) is 2.69. The maximum absolute atomic E-state index is 13.4. The van der Waals surface area contributed by atoms with E-state index in [1.165, 1.54) is 16.7 Å². The van der Waals surface area contributed by atoms with Gasteiger partial charge in [-0.3, -0.25) is 9.59 Å². The SMILES string of the molecule is O=C(Cc1ccccc1)N[C@@H]1C(=O)N2C(C(=O)OC(c3ccccc3)c3ccccc3)C(O)CS[C@H]12. The van der Waals surface area contributed by atoms with E-state index in [0.29, 0.717) is 0 Å². The molecule has 2 aliphatic heterocycles. The zero-order chi connectivity index (χ0) is 25.1. The van der Waals surface area contributed by atoms with Crippen molar-refractivity contribution in [1.29, 1.82) is 0 Å². The lowest BCUT2D eigenvalue weighted by atomic mass is 9.98. The fraction of sp³-hybridized carbons (Fsp3) is 0.250. The Morgan fingerprint density at radius 1 is 0.944 bits per heavy atom. The van der Waals surface area contributed by atoms with Gasteiger partial charge in [-0.1, -0.05) is 91.0 Å². The average molecular weight is 503 g/mol. The van der Waals surface area contributed by atoms with Crippen molar-refractivity contribution in [3.05, 3.63) is 108 Å². The van der Waals surface area contributed by atoms with Crippen LogP contribution in [-0.4, -0.2) is 57.1 Å². The number of esters is 1. The van der Waals surface area contributed by atoms with Crippen molar-refractivity contribution in [1.82, 2.24) is 10.2 Å². The van der Waals surface area contributed by atoms with E-state index in [0.717, 1.165) is 16.7 Å². The Kier molecular flexibility index (Phi) is 7.06. The molecular weight excluding hydrogens is 476 g/mol. The van der Waals surface area contributed by atoms with E-state index >= 15 is 0 Å². The highest BCUT2D eigenvalue weighted by Crippen LogP contribution is 2.39. The number of β-lactam (4-membered cyclic amide) rings is 1. The molecular formula is C28H26N2O5S. The van der Waals surface area contributed by atoms with Crippen molar-refractivity contribution in [3.63, 3.8) is 0 Å². The van der Waals surface area contributed by atoms with E-state index in [-0.39, 0.29) is 18.1 Å². The van der Waals surface area contributed by atoms with Gasteiger partial charge >= 0.3 is 5.97 Å². The number of aliphatic hydroxyl groups is 1. The zero-order valence-electron chi connectivity index (χ0n) is 19.4. The molecule has 2 aliphatic rings. The van der Waals surface area contributed by atoms with E-state index in [1.54, 1.807) is 0 Å². The van der Waals surface area contributed by atoms with Gasteiger partial charge < -0.3 is 20.1 Å². The Hall–Kier alpha value is -3.62. The third kappa shape index (κ3) is 4.87. The molecule has 0 spiro atoms. The Morgan fingerprint density at radius 3 is 2.08 bits per heavy atom. The van der Waals surface area contributed by atoms with Crippen LogP contribution in [0, 0.1) is 0 Å². The molecule has 2 N–H and O–H groups in total. The number of aliphatic hydroxyl groups excluding tert-OH is 1. The summed E-state index contributed by atoms with van der Waals surface area (Å²) in [7, 11) is 0. The number of hydrogen-bond donors (Lipinski definition) is 2. The standard InChI is InChI=1S/C28H26N2O5S/c31-21-17-36-27-23(29-22(32)16-18-10-4-1-5-11-18)26(33)30(27)24(21)28(34)35-25(19-12-6-2-7-13-19)20-14-8-3-9-15-20/h1-15,21,23-25,27,31H,16-17H2,(H,29,32)/t21?,23-,24?,27-/m1/s1. The second-order valence-electron chi connectivity index (χ2n) is 8.83. The molecule has 0 bridgehead atoms. The number of amides is 2. The monoisotopic (exact) mass is 502 g/mol. The molecule has 0 aromatic heterocycles. The molecule has 3 aromatic carbocycles. The number of hydrogen-bond acceptors (Lipinski definition) is 6. The Labute approximate surface area is 213 Å². The van der Waals surface area contributed by atoms with Crippen LogP contribution in [0.4, 0.5) is 0 Å². The normalized spacial score (nSPS) is 22.9. The number of nitrogens with zero attached hydrogens (tertiary/aromatic N) is 1. The zero-order valence-corrected chi connectivity index (χ0v) is 20.2. The van der Waals surface area contributed by atoms with Gasteiger partial charge in [-0.2, -0.15) is 0 Å². The summed E-state index contributed by atoms with van der Waals surface area (Å²) in [5, 5.41) is 13.0. The maximum atomic E-state index is 13.4. The van der Waals surface area contributed by atoms with E-state index in [4.69, 9.17) is 4.74 Å². The lowest BCUT2D eigenvalue weighted by Crippen LogP contribution is -2.76. The fourth-order valence-corrected chi connectivity index (χ4v) is 5.96. The average Bonchev–Trinajstić information content (AvgIpc) is 2.91. The Bertz CT molecular complexity index is 1180. The summed E-state index contributed by atoms with van der Waals surface area (Å²) in [6, 6.07) is 26.1. The molecule has 0 aliphatic carbocycles. The molecule has 0 saturated carbocycles. The second kappa shape index (κ2) is 10.6. The Balaban J connectivity index is 1.30. The van der Waals surface area contributed by atoms with Crippen molar-refractivity contribution in [3.8, 4) is 0 Å². The second-order valence-corrected chi connectivity index (χ2v) is 9.98. The number of carbonyl (C=O) groups is 3. The van der Waals surface area contributed by atoms with Crippen LogP contribution in [0.25, 0.3) is 0 Å². The molecule has 2 amide bonds. The first-order valence-corrected chi connectivity index (χ1v) is 12.8. The molecule has 5 rings (SSSR count). The van der Waals surface area contributed by atoms with Crippen LogP contribution in [0.1, 0.15) is 22.8 Å². The first-order chi connectivity index (χ1) is 17.5. The minimum Gasteiger partial charge on any atom is -0.451 e. The topological polar surface area (TPSA) is 95.9 Å². The van der Waals surface area contributed by atoms with E-state index in [1.807, 2.05) is 91.0 Å². The number of fused-ring (bicyclic) bond motifs is 1. The third-order valence-corrected chi connectivity index (χ3v) is 7.76. The molecule has 4 atom stereocenters. The van der Waals surface area contributed by atoms with Crippen LogP contribution in [0.15, 0.2) is 91.0 Å². The Morgan fingerprint density at radius 2 is 1.50 bits per heavy atom. The smallest absolute Gasteiger partial charge is 0.332 e. The van der Waals surface area contributed by atoms with Crippen molar-refractivity contribution in [2.75, 3.05) is 5.75 Å². The minimum absolute atomic E-state index is 0.159. The summed E-state index contributed by atoms with van der Waals surface area (Å²) in [6.45, 7) is 0. The predicted molar refractivity (Wildman–Crippen MR) is 136 cm³/mol. The molecule has 2 saturated heterocycles. The van der Waals surface area contributed by atoms with Crippen LogP contribution in [0.2, 0.25) is 0 Å². The molecule has 184 valence electrons. The van der Waals surface area contributed by atoms with Crippen molar-refractivity contribution in [2.45, 2.75) is 36.1 Å². The highest BCUT2D eigenvalue weighted by atomic mass is 32.2. The lowest BCUT2D eigenvalue weighted by Gasteiger charge is -2.53. The molecule has 3 aromatic rings. The summed E-state index contributed by atoms with van der Waals surface area (Å²) in [6.07, 6.45) is -1.60. The minimum atomic E-state index is -1.14. The van der Waals surface area contributed by atoms with Crippen LogP contribution in [0.3, 0.4) is 0 Å². The van der Waals surface area contributed by atoms with Crippen LogP contribution in [0.5, 0.6) is 0 Å². The van der Waals surface area contributed by atoms with Crippen LogP contribution in [-0.2, 0) is 25.5 Å². The van der Waals surface area contributed by atoms with Gasteiger partial charge in [-0.25, -0.2) is 4.79 Å². The van der Waals surface area contributed by atoms with Crippen LogP contribution >= 0.6 is 11.8 Å². The van der Waals surface area contributed by atoms with E-state index < -0.39 is 41.5 Å². The maximum Gasteiger partial charge on any atom is 0.332 e. The molecule has 7 nitrogen and oxygen atoms in total. The number of thioether (sulfide) groups is 1. The number of carbonyl (C=O) groups excluding carboxylic acids is 3. The van der Waals surface area contributed by atoms with Gasteiger partial charge in [0, 0.05) is 5.75 Å². The highest BCUT2D eigenvalue weighted by Gasteiger charge is 2.58. The molecule has 2 unspecified atom stereocenters. The van der Waals surface area contributed by atoms with E-state index in [2.05, 4.69) is 5.32 Å². The number of rotatable bonds is 7. The van der Waals surface area contributed by atoms with Gasteiger partial charge in [0.05, 0.1) is 12.5 Å². The summed E-state index contributed by atoms with van der Waals surface area (Å²) in [4.78, 5) is 40.3. The van der Waals surface area contributed by atoms with Gasteiger partial charge in [-0.15, -0.1) is 11.8 Å². The molecule has 0 radical (unpaired) electrons. The molecule has 2 fully saturated rings. The third-order valence-electron chi connectivity index (χ3n) is 6.39. The largest absolute Gasteiger partial charge is 0.451 e. The van der Waals surface area contributed by atoms with Gasteiger partial charge in [0.15, 0.2) is 12.1 Å². The molecule has 2 heterocycles. The van der Waals surface area contributed by atoms with Gasteiger partial charge in [0.25, 0.3) is 0 Å². The first kappa shape index (κ1) is 24.1. The first-order valence-electron chi connectivity index (χ1n) is 11.8. The van der Waals surface area contributed by atoms with Gasteiger partial charge in [0.2, 0.25) is 11.8 Å². The summed E-state index contributed by atoms with van der Waals surface area (Å²) in [5.74, 6) is -1.09. The lowest BCUT2D eigenvalue weighted by molar-refractivity contribution is -0.173. The summed E-state index contributed by atoms with van der Waals surface area (Å²) < 4.78 is 5.94. The molecule has 8 heteroatoms. The number of nitrogens with one attached hydrogen (secondary N) is 1. The summed E-state index contributed by atoms with van der Waals surface area (Å²) >= 11 is 1.35. The fourth-order valence-electron chi connectivity index (χ4n) is 4.61. The number of ether oxygens (including phenoxy) is 1. The quantitative estimate of drug-likeness (QED) is 0.381. The van der Waals surface area contributed by atoms with E-state index in [9.17, 15) is 19.5 Å². The van der Waals surface area contributed by atoms with Crippen molar-refractivity contribution >= 4 is 29.5 Å². The van der Waals surface area contributed by atoms with Gasteiger partial charge in [0.1, 0.15) is 11.4 Å². The van der Waals surface area contributed by atoms with Crippen LogP contribution < -0.4 is 5.32 Å². The highest BCUT2D eigenvalue weighted by molar-refractivity contribution is 8.00. The van der Waals surface area contributed by atoms with Crippen molar-refractivity contribution in [2.24, 2.45) is 0 Å². The van der Waals surface area contributed by atoms with Gasteiger partial charge in [-0.05, 0) is 16.7 Å². The molecule has 36 heavy (non-hydrogen) atoms. The van der Waals surface area contributed by atoms with Crippen molar-refractivity contribution < 1.29 is 24.2 Å². The number of benzene rings is 3.